The molecule has 0 aliphatic heterocycles. The van der Waals surface area contributed by atoms with Crippen LogP contribution in [0.1, 0.15) is 18.1 Å². The Labute approximate surface area is 274 Å². The molecule has 6 aromatic rings. The number of ether oxygens (including phenoxy) is 2. The fourth-order valence-electron chi connectivity index (χ4n) is 4.49. The van der Waals surface area contributed by atoms with Gasteiger partial charge in [0.1, 0.15) is 12.2 Å². The van der Waals surface area contributed by atoms with E-state index in [1.54, 1.807) is 66.9 Å². The van der Waals surface area contributed by atoms with Crippen molar-refractivity contribution in [1.82, 2.24) is 9.66 Å². The third-order valence-electron chi connectivity index (χ3n) is 6.49. The summed E-state index contributed by atoms with van der Waals surface area (Å²) in [4.78, 5) is 18.4. The summed E-state index contributed by atoms with van der Waals surface area (Å²) in [6.07, 6.45) is 1.57. The quantitative estimate of drug-likeness (QED) is 0.115. The highest BCUT2D eigenvalue weighted by atomic mass is 127. The Morgan fingerprint density at radius 2 is 1.77 bits per heavy atom. The van der Waals surface area contributed by atoms with Gasteiger partial charge < -0.3 is 13.9 Å². The van der Waals surface area contributed by atoms with Crippen molar-refractivity contribution in [3.8, 4) is 23.1 Å². The first-order valence-corrected chi connectivity index (χ1v) is 15.3. The van der Waals surface area contributed by atoms with E-state index in [0.29, 0.717) is 61.0 Å². The number of benzene rings is 4. The number of aromatic nitrogens is 2. The van der Waals surface area contributed by atoms with Gasteiger partial charge in [-0.25, -0.2) is 4.98 Å². The molecular weight excluding hydrogens is 724 g/mol. The van der Waals surface area contributed by atoms with E-state index in [2.05, 4.69) is 27.7 Å². The second kappa shape index (κ2) is 12.6. The van der Waals surface area contributed by atoms with Gasteiger partial charge in [0, 0.05) is 26.0 Å². The van der Waals surface area contributed by atoms with Crippen LogP contribution >= 0.6 is 57.4 Å². The van der Waals surface area contributed by atoms with Crippen molar-refractivity contribution in [3.63, 3.8) is 0 Å². The molecule has 2 heterocycles. The van der Waals surface area contributed by atoms with Crippen molar-refractivity contribution in [2.45, 2.75) is 13.5 Å². The number of furan rings is 1. The fraction of sp³-hybridized carbons (Fsp3) is 0.0938. The number of rotatable bonds is 8. The zero-order valence-electron chi connectivity index (χ0n) is 22.5. The smallest absolute Gasteiger partial charge is 0.282 e. The van der Waals surface area contributed by atoms with E-state index in [9.17, 15) is 4.79 Å². The van der Waals surface area contributed by atoms with Crippen molar-refractivity contribution >= 4 is 85.5 Å². The maximum absolute atomic E-state index is 13.7. The molecule has 0 saturated carbocycles. The van der Waals surface area contributed by atoms with Gasteiger partial charge in [-0.3, -0.25) is 4.79 Å². The van der Waals surface area contributed by atoms with Gasteiger partial charge in [-0.05, 0) is 95.7 Å². The molecule has 4 aromatic carbocycles. The molecular formula is C32H21Cl3IN3O4. The third-order valence-corrected chi connectivity index (χ3v) is 8.12. The summed E-state index contributed by atoms with van der Waals surface area (Å²) in [6, 6.07) is 23.1. The Hall–Kier alpha value is -3.57. The molecule has 0 unspecified atom stereocenters. The SMILES string of the molecule is CCOc1cc(C=Nn2c(-c3cc4cc(Cl)ccc4o3)nc3ccccc3c2=O)cc(I)c1OCc1ccc(Cl)cc1Cl. The van der Waals surface area contributed by atoms with Crippen LogP contribution in [0.3, 0.4) is 0 Å². The number of fused-ring (bicyclic) bond motifs is 2. The monoisotopic (exact) mass is 743 g/mol. The predicted octanol–water partition coefficient (Wildman–Crippen LogP) is 9.23. The van der Waals surface area contributed by atoms with Crippen LogP contribution in [0.5, 0.6) is 11.5 Å². The molecule has 2 aromatic heterocycles. The lowest BCUT2D eigenvalue weighted by atomic mass is 10.2. The Morgan fingerprint density at radius 3 is 2.58 bits per heavy atom. The maximum Gasteiger partial charge on any atom is 0.282 e. The summed E-state index contributed by atoms with van der Waals surface area (Å²) in [6.45, 7) is 2.54. The first-order valence-electron chi connectivity index (χ1n) is 13.1. The van der Waals surface area contributed by atoms with Crippen molar-refractivity contribution in [1.29, 1.82) is 0 Å². The molecule has 43 heavy (non-hydrogen) atoms. The molecule has 11 heteroatoms. The molecule has 6 rings (SSSR count). The minimum absolute atomic E-state index is 0.226. The van der Waals surface area contributed by atoms with Crippen LogP contribution in [0.2, 0.25) is 15.1 Å². The molecule has 0 spiro atoms. The van der Waals surface area contributed by atoms with Gasteiger partial charge in [-0.2, -0.15) is 9.78 Å². The topological polar surface area (TPSA) is 78.9 Å². The minimum atomic E-state index is -0.338. The number of halogens is 4. The van der Waals surface area contributed by atoms with E-state index in [0.717, 1.165) is 14.5 Å². The Bertz CT molecular complexity index is 2090. The summed E-state index contributed by atoms with van der Waals surface area (Å²) < 4.78 is 20.1. The molecule has 7 nitrogen and oxygen atoms in total. The molecule has 0 saturated heterocycles. The summed E-state index contributed by atoms with van der Waals surface area (Å²) >= 11 is 20.7. The average Bonchev–Trinajstić information content (AvgIpc) is 3.40. The molecule has 216 valence electrons. The van der Waals surface area contributed by atoms with Gasteiger partial charge in [0.25, 0.3) is 5.56 Å². The number of hydrogen-bond acceptors (Lipinski definition) is 6. The van der Waals surface area contributed by atoms with Crippen LogP contribution < -0.4 is 15.0 Å². The number of nitrogens with zero attached hydrogens (tertiary/aromatic N) is 3. The van der Waals surface area contributed by atoms with Gasteiger partial charge in [0.05, 0.1) is 27.3 Å². The minimum Gasteiger partial charge on any atom is -0.490 e. The molecule has 0 aliphatic carbocycles. The van der Waals surface area contributed by atoms with Crippen LogP contribution in [0.15, 0.2) is 93.2 Å². The summed E-state index contributed by atoms with van der Waals surface area (Å²) in [5.41, 5.74) is 2.28. The van der Waals surface area contributed by atoms with E-state index in [-0.39, 0.29) is 18.0 Å². The lowest BCUT2D eigenvalue weighted by molar-refractivity contribution is 0.267. The van der Waals surface area contributed by atoms with E-state index in [4.69, 9.17) is 53.7 Å². The first-order chi connectivity index (χ1) is 20.8. The van der Waals surface area contributed by atoms with Crippen molar-refractivity contribution in [2.75, 3.05) is 6.61 Å². The van der Waals surface area contributed by atoms with E-state index < -0.39 is 0 Å². The zero-order valence-corrected chi connectivity index (χ0v) is 26.9. The van der Waals surface area contributed by atoms with Gasteiger partial charge in [-0.15, -0.1) is 0 Å². The highest BCUT2D eigenvalue weighted by Gasteiger charge is 2.18. The second-order valence-electron chi connectivity index (χ2n) is 9.39. The average molecular weight is 745 g/mol. The largest absolute Gasteiger partial charge is 0.490 e. The zero-order chi connectivity index (χ0) is 30.1. The highest BCUT2D eigenvalue weighted by Crippen LogP contribution is 2.35. The van der Waals surface area contributed by atoms with Gasteiger partial charge in [-0.1, -0.05) is 53.0 Å². The maximum atomic E-state index is 13.7. The van der Waals surface area contributed by atoms with Crippen molar-refractivity contribution in [3.05, 3.63) is 119 Å². The molecule has 0 N–H and O–H groups in total. The lowest BCUT2D eigenvalue weighted by Crippen LogP contribution is -2.20. The summed E-state index contributed by atoms with van der Waals surface area (Å²) in [5, 5.41) is 7.43. The molecule has 0 atom stereocenters. The molecule has 0 fully saturated rings. The lowest BCUT2D eigenvalue weighted by Gasteiger charge is -2.15. The van der Waals surface area contributed by atoms with E-state index in [1.807, 2.05) is 25.1 Å². The van der Waals surface area contributed by atoms with E-state index in [1.165, 1.54) is 4.68 Å². The van der Waals surface area contributed by atoms with Gasteiger partial charge in [0.2, 0.25) is 5.82 Å². The highest BCUT2D eigenvalue weighted by molar-refractivity contribution is 14.1. The molecule has 0 radical (unpaired) electrons. The summed E-state index contributed by atoms with van der Waals surface area (Å²) in [5.74, 6) is 1.73. The van der Waals surface area contributed by atoms with Crippen LogP contribution in [0, 0.1) is 3.57 Å². The van der Waals surface area contributed by atoms with Crippen molar-refractivity contribution in [2.24, 2.45) is 5.10 Å². The van der Waals surface area contributed by atoms with Crippen LogP contribution in [0.4, 0.5) is 0 Å². The predicted molar refractivity (Wildman–Crippen MR) is 180 cm³/mol. The normalized spacial score (nSPS) is 11.6. The third kappa shape index (κ3) is 6.24. The Kier molecular flexibility index (Phi) is 8.63. The fourth-order valence-corrected chi connectivity index (χ4v) is 5.92. The number of para-hydroxylation sites is 1. The van der Waals surface area contributed by atoms with Crippen LogP contribution in [0.25, 0.3) is 33.5 Å². The van der Waals surface area contributed by atoms with Crippen LogP contribution in [-0.4, -0.2) is 22.5 Å². The molecule has 0 aliphatic rings. The van der Waals surface area contributed by atoms with Gasteiger partial charge >= 0.3 is 0 Å². The van der Waals surface area contributed by atoms with Crippen molar-refractivity contribution < 1.29 is 13.9 Å². The first kappa shape index (κ1) is 29.5. The van der Waals surface area contributed by atoms with Crippen LogP contribution in [-0.2, 0) is 6.61 Å². The number of hydrogen-bond donors (Lipinski definition) is 0. The van der Waals surface area contributed by atoms with Gasteiger partial charge in [0.15, 0.2) is 17.3 Å². The molecule has 0 amide bonds. The Morgan fingerprint density at radius 1 is 0.977 bits per heavy atom. The molecule has 0 bridgehead atoms. The Balaban J connectivity index is 1.40. The summed E-state index contributed by atoms with van der Waals surface area (Å²) in [7, 11) is 0. The van der Waals surface area contributed by atoms with E-state index >= 15 is 0 Å². The second-order valence-corrected chi connectivity index (χ2v) is 11.8. The standard InChI is InChI=1S/C32H21Cl3IN3O4/c1-2-41-28-12-18(11-25(36)30(28)42-17-19-7-8-22(34)15-24(19)35)16-37-39-31(38-26-6-4-3-5-23(26)32(39)40)29-14-20-13-21(33)9-10-27(20)43-29/h3-16H,2,17H2,1H3.